The van der Waals surface area contributed by atoms with Crippen LogP contribution in [0.3, 0.4) is 0 Å². The molecular weight excluding hydrogens is 471 g/mol. The summed E-state index contributed by atoms with van der Waals surface area (Å²) in [4.78, 5) is 0. The van der Waals surface area contributed by atoms with E-state index in [2.05, 4.69) is 108 Å². The van der Waals surface area contributed by atoms with E-state index in [9.17, 15) is 0 Å². The zero-order valence-corrected chi connectivity index (χ0v) is 27.1. The molecule has 2 nitrogen and oxygen atoms in total. The molecule has 0 saturated heterocycles. The maximum absolute atomic E-state index is 6.34. The van der Waals surface area contributed by atoms with Gasteiger partial charge in [-0.25, -0.2) is 0 Å². The summed E-state index contributed by atoms with van der Waals surface area (Å²) in [6.45, 7) is 32.2. The number of ether oxygens (including phenoxy) is 2. The molecule has 37 heavy (non-hydrogen) atoms. The highest BCUT2D eigenvalue weighted by Crippen LogP contribution is 2.63. The number of methoxy groups -OCH3 is 2. The van der Waals surface area contributed by atoms with Crippen LogP contribution in [-0.4, -0.2) is 24.5 Å². The van der Waals surface area contributed by atoms with Crippen molar-refractivity contribution >= 4 is 13.2 Å². The van der Waals surface area contributed by atoms with Gasteiger partial charge in [-0.3, -0.25) is 0 Å². The molecule has 0 spiro atoms. The van der Waals surface area contributed by atoms with Crippen molar-refractivity contribution in [3.63, 3.8) is 0 Å². The van der Waals surface area contributed by atoms with E-state index in [1.165, 1.54) is 33.1 Å². The standard InChI is InChI=1S/C34H53O2P/c1-16-17-24-20-28(35-14)30(32(31(24)36-15)37(33(8,9)10)34(11,12)13)29-26(22(4)5)18-25(21(2)3)19-27(29)23(6)7/h16,18-23H,1,17H2,2-15H3. The maximum atomic E-state index is 6.34. The third kappa shape index (κ3) is 6.62. The van der Waals surface area contributed by atoms with Gasteiger partial charge < -0.3 is 9.47 Å². The molecule has 0 fully saturated rings. The minimum atomic E-state index is -0.680. The summed E-state index contributed by atoms with van der Waals surface area (Å²) in [5, 5.41) is 1.44. The topological polar surface area (TPSA) is 18.5 Å². The van der Waals surface area contributed by atoms with Crippen molar-refractivity contribution in [2.24, 2.45) is 0 Å². The average Bonchev–Trinajstić information content (AvgIpc) is 2.76. The van der Waals surface area contributed by atoms with Crippen molar-refractivity contribution in [1.82, 2.24) is 0 Å². The van der Waals surface area contributed by atoms with Crippen LogP contribution in [0.1, 0.15) is 123 Å². The van der Waals surface area contributed by atoms with Gasteiger partial charge in [-0.2, -0.15) is 0 Å². The number of hydrogen-bond acceptors (Lipinski definition) is 2. The summed E-state index contributed by atoms with van der Waals surface area (Å²) in [5.41, 5.74) is 7.90. The van der Waals surface area contributed by atoms with E-state index in [1.54, 1.807) is 0 Å². The molecule has 0 aromatic heterocycles. The van der Waals surface area contributed by atoms with E-state index in [-0.39, 0.29) is 10.3 Å². The van der Waals surface area contributed by atoms with E-state index in [1.807, 2.05) is 20.3 Å². The Balaban J connectivity index is 3.35. The summed E-state index contributed by atoms with van der Waals surface area (Å²) >= 11 is 0. The second kappa shape index (κ2) is 11.9. The van der Waals surface area contributed by atoms with E-state index in [0.717, 1.165) is 23.5 Å². The molecule has 0 atom stereocenters. The number of allylic oxidation sites excluding steroid dienone is 1. The minimum Gasteiger partial charge on any atom is -0.496 e. The maximum Gasteiger partial charge on any atom is 0.130 e. The molecule has 2 aromatic carbocycles. The second-order valence-corrected chi connectivity index (χ2v) is 17.0. The van der Waals surface area contributed by atoms with Gasteiger partial charge in [0, 0.05) is 16.4 Å². The fourth-order valence-corrected chi connectivity index (χ4v) is 9.99. The van der Waals surface area contributed by atoms with Gasteiger partial charge in [0.15, 0.2) is 0 Å². The Morgan fingerprint density at radius 1 is 0.757 bits per heavy atom. The fraction of sp³-hybridized carbons (Fsp3) is 0.588. The van der Waals surface area contributed by atoms with Gasteiger partial charge in [-0.1, -0.05) is 109 Å². The van der Waals surface area contributed by atoms with E-state index in [0.29, 0.717) is 17.8 Å². The molecule has 0 heterocycles. The van der Waals surface area contributed by atoms with Crippen LogP contribution in [0.25, 0.3) is 11.1 Å². The molecule has 2 rings (SSSR count). The van der Waals surface area contributed by atoms with Crippen molar-refractivity contribution in [3.05, 3.63) is 53.1 Å². The molecular formula is C34H53O2P. The first-order chi connectivity index (χ1) is 17.0. The van der Waals surface area contributed by atoms with Crippen LogP contribution in [-0.2, 0) is 6.42 Å². The monoisotopic (exact) mass is 524 g/mol. The first kappa shape index (κ1) is 31.4. The Bertz CT molecular complexity index is 1050. The molecule has 2 aromatic rings. The van der Waals surface area contributed by atoms with Gasteiger partial charge in [-0.15, -0.1) is 6.58 Å². The quantitative estimate of drug-likeness (QED) is 0.240. The summed E-state index contributed by atoms with van der Waals surface area (Å²) in [6.07, 6.45) is 2.71. The molecule has 0 aliphatic carbocycles. The van der Waals surface area contributed by atoms with Gasteiger partial charge in [0.1, 0.15) is 11.5 Å². The van der Waals surface area contributed by atoms with Gasteiger partial charge in [0.25, 0.3) is 0 Å². The van der Waals surface area contributed by atoms with Crippen molar-refractivity contribution in [3.8, 4) is 22.6 Å². The molecule has 0 N–H and O–H groups in total. The van der Waals surface area contributed by atoms with E-state index >= 15 is 0 Å². The van der Waals surface area contributed by atoms with Crippen LogP contribution >= 0.6 is 7.92 Å². The Hall–Kier alpha value is -1.79. The van der Waals surface area contributed by atoms with Gasteiger partial charge in [-0.05, 0) is 62.8 Å². The Labute approximate surface area is 230 Å². The van der Waals surface area contributed by atoms with Gasteiger partial charge in [0.2, 0.25) is 0 Å². The predicted molar refractivity (Wildman–Crippen MR) is 167 cm³/mol. The highest BCUT2D eigenvalue weighted by atomic mass is 31.1. The lowest BCUT2D eigenvalue weighted by Gasteiger charge is -2.44. The lowest BCUT2D eigenvalue weighted by Crippen LogP contribution is -2.33. The molecule has 3 heteroatoms. The van der Waals surface area contributed by atoms with Crippen molar-refractivity contribution in [2.75, 3.05) is 14.2 Å². The van der Waals surface area contributed by atoms with Gasteiger partial charge in [0.05, 0.1) is 14.2 Å². The highest BCUT2D eigenvalue weighted by Gasteiger charge is 2.41. The largest absolute Gasteiger partial charge is 0.496 e. The van der Waals surface area contributed by atoms with E-state index in [4.69, 9.17) is 9.47 Å². The minimum absolute atomic E-state index is 0.0568. The average molecular weight is 525 g/mol. The Morgan fingerprint density at radius 3 is 1.57 bits per heavy atom. The first-order valence-corrected chi connectivity index (χ1v) is 15.2. The van der Waals surface area contributed by atoms with E-state index < -0.39 is 7.92 Å². The summed E-state index contributed by atoms with van der Waals surface area (Å²) < 4.78 is 12.6. The second-order valence-electron chi connectivity index (χ2n) is 13.2. The van der Waals surface area contributed by atoms with Crippen LogP contribution in [0.2, 0.25) is 0 Å². The number of hydrogen-bond donors (Lipinski definition) is 0. The molecule has 0 saturated carbocycles. The number of rotatable bonds is 9. The lowest BCUT2D eigenvalue weighted by molar-refractivity contribution is 0.403. The molecule has 0 aliphatic rings. The van der Waals surface area contributed by atoms with Crippen molar-refractivity contribution < 1.29 is 9.47 Å². The van der Waals surface area contributed by atoms with Gasteiger partial charge >= 0.3 is 0 Å². The summed E-state index contributed by atoms with van der Waals surface area (Å²) in [7, 11) is 2.96. The first-order valence-electron chi connectivity index (χ1n) is 13.9. The summed E-state index contributed by atoms with van der Waals surface area (Å²) in [6, 6.07) is 7.09. The lowest BCUT2D eigenvalue weighted by atomic mass is 9.81. The molecule has 0 unspecified atom stereocenters. The molecule has 0 bridgehead atoms. The summed E-state index contributed by atoms with van der Waals surface area (Å²) in [5.74, 6) is 3.16. The van der Waals surface area contributed by atoms with Crippen molar-refractivity contribution in [1.29, 1.82) is 0 Å². The Kier molecular flexibility index (Phi) is 10.1. The fourth-order valence-electron chi connectivity index (χ4n) is 5.75. The third-order valence-corrected chi connectivity index (χ3v) is 10.6. The normalized spacial score (nSPS) is 12.7. The molecule has 206 valence electrons. The van der Waals surface area contributed by atoms with Crippen LogP contribution in [0.4, 0.5) is 0 Å². The highest BCUT2D eigenvalue weighted by molar-refractivity contribution is 7.69. The third-order valence-electron chi connectivity index (χ3n) is 7.03. The van der Waals surface area contributed by atoms with Crippen LogP contribution in [0, 0.1) is 0 Å². The smallest absolute Gasteiger partial charge is 0.130 e. The predicted octanol–water partition coefficient (Wildman–Crippen LogP) is 10.2. The van der Waals surface area contributed by atoms with Crippen molar-refractivity contribution in [2.45, 2.75) is 118 Å². The Morgan fingerprint density at radius 2 is 1.24 bits per heavy atom. The van der Waals surface area contributed by atoms with Crippen LogP contribution in [0.15, 0.2) is 30.9 Å². The molecule has 0 amide bonds. The number of benzene rings is 2. The van der Waals surface area contributed by atoms with Crippen LogP contribution < -0.4 is 14.8 Å². The zero-order valence-electron chi connectivity index (χ0n) is 26.2. The zero-order chi connectivity index (χ0) is 28.5. The van der Waals surface area contributed by atoms with Crippen LogP contribution in [0.5, 0.6) is 11.5 Å². The molecule has 0 radical (unpaired) electrons. The molecule has 0 aliphatic heterocycles. The SMILES string of the molecule is C=CCc1cc(OC)c(-c2c(C(C)C)cc(C(C)C)cc2C(C)C)c(P(C(C)(C)C)C(C)(C)C)c1OC.